The monoisotopic (exact) mass is 204 g/mol. The Morgan fingerprint density at radius 3 is 2.93 bits per heavy atom. The van der Waals surface area contributed by atoms with E-state index >= 15 is 0 Å². The van der Waals surface area contributed by atoms with Crippen molar-refractivity contribution in [2.75, 3.05) is 0 Å². The Morgan fingerprint density at radius 1 is 1.27 bits per heavy atom. The third-order valence-electron chi connectivity index (χ3n) is 2.19. The van der Waals surface area contributed by atoms with Gasteiger partial charge < -0.3 is 5.11 Å². The highest BCUT2D eigenvalue weighted by atomic mass is 16.4. The minimum atomic E-state index is -0.892. The fourth-order valence-corrected chi connectivity index (χ4v) is 1.41. The summed E-state index contributed by atoms with van der Waals surface area (Å²) in [4.78, 5) is 10.4. The van der Waals surface area contributed by atoms with Crippen LogP contribution >= 0.6 is 0 Å². The van der Waals surface area contributed by atoms with Gasteiger partial charge in [0.25, 0.3) is 0 Å². The van der Waals surface area contributed by atoms with Crippen LogP contribution in [0.15, 0.2) is 48.1 Å². The highest BCUT2D eigenvalue weighted by Gasteiger charge is 1.95. The summed E-state index contributed by atoms with van der Waals surface area (Å²) >= 11 is 0. The third kappa shape index (κ3) is 5.68. The third-order valence-corrected chi connectivity index (χ3v) is 2.19. The Kier molecular flexibility index (Phi) is 5.23. The predicted octanol–water partition coefficient (Wildman–Crippen LogP) is 3.24. The average Bonchev–Trinajstić information content (AvgIpc) is 2.23. The largest absolute Gasteiger partial charge is 0.478 e. The Balaban J connectivity index is 2.66. The molecule has 80 valence electrons. The second kappa shape index (κ2) is 6.82. The van der Waals surface area contributed by atoms with Crippen molar-refractivity contribution >= 4 is 5.97 Å². The molecule has 1 aliphatic carbocycles. The summed E-state index contributed by atoms with van der Waals surface area (Å²) < 4.78 is 0. The van der Waals surface area contributed by atoms with E-state index in [4.69, 9.17) is 5.11 Å². The van der Waals surface area contributed by atoms with Crippen LogP contribution in [0.2, 0.25) is 0 Å². The van der Waals surface area contributed by atoms with Gasteiger partial charge in [0, 0.05) is 6.08 Å². The van der Waals surface area contributed by atoms with Gasteiger partial charge in [-0.2, -0.15) is 0 Å². The Labute approximate surface area is 90.3 Å². The maximum Gasteiger partial charge on any atom is 0.328 e. The summed E-state index contributed by atoms with van der Waals surface area (Å²) in [6.07, 6.45) is 17.2. The number of carboxylic acid groups (broad SMARTS) is 1. The van der Waals surface area contributed by atoms with Gasteiger partial charge >= 0.3 is 5.97 Å². The summed E-state index contributed by atoms with van der Waals surface area (Å²) in [5.74, 6) is -0.892. The number of allylic oxidation sites excluding steroid dienone is 7. The van der Waals surface area contributed by atoms with E-state index in [0.29, 0.717) is 0 Å². The molecule has 0 heterocycles. The summed E-state index contributed by atoms with van der Waals surface area (Å²) in [7, 11) is 0. The lowest BCUT2D eigenvalue weighted by Gasteiger charge is -2.01. The number of rotatable bonds is 2. The SMILES string of the molecule is O=C(O)C=C/C1=C/C=C/C=C\CCCC1. The van der Waals surface area contributed by atoms with Gasteiger partial charge in [-0.25, -0.2) is 4.79 Å². The van der Waals surface area contributed by atoms with Crippen molar-refractivity contribution in [2.24, 2.45) is 0 Å². The van der Waals surface area contributed by atoms with E-state index < -0.39 is 5.97 Å². The highest BCUT2D eigenvalue weighted by molar-refractivity contribution is 5.80. The van der Waals surface area contributed by atoms with Crippen LogP contribution in [-0.2, 0) is 4.79 Å². The second-order valence-corrected chi connectivity index (χ2v) is 3.47. The van der Waals surface area contributed by atoms with Crippen molar-refractivity contribution in [1.29, 1.82) is 0 Å². The van der Waals surface area contributed by atoms with E-state index in [9.17, 15) is 4.79 Å². The molecule has 0 atom stereocenters. The zero-order valence-electron chi connectivity index (χ0n) is 8.73. The molecular weight excluding hydrogens is 188 g/mol. The number of hydrogen-bond acceptors (Lipinski definition) is 1. The lowest BCUT2D eigenvalue weighted by molar-refractivity contribution is -0.131. The Hall–Kier alpha value is -1.57. The first-order valence-electron chi connectivity index (χ1n) is 5.22. The molecule has 0 radical (unpaired) electrons. The fourth-order valence-electron chi connectivity index (χ4n) is 1.41. The van der Waals surface area contributed by atoms with Crippen molar-refractivity contribution in [3.8, 4) is 0 Å². The zero-order valence-corrected chi connectivity index (χ0v) is 8.73. The molecule has 0 unspecified atom stereocenters. The molecule has 0 saturated heterocycles. The van der Waals surface area contributed by atoms with Crippen LogP contribution in [0.3, 0.4) is 0 Å². The van der Waals surface area contributed by atoms with Crippen LogP contribution in [0.5, 0.6) is 0 Å². The normalized spacial score (nSPS) is 25.5. The molecular formula is C13H16O2. The van der Waals surface area contributed by atoms with Crippen LogP contribution in [0.25, 0.3) is 0 Å². The van der Waals surface area contributed by atoms with E-state index in [0.717, 1.165) is 31.3 Å². The van der Waals surface area contributed by atoms with Crippen LogP contribution in [-0.4, -0.2) is 11.1 Å². The molecule has 0 aromatic rings. The summed E-state index contributed by atoms with van der Waals surface area (Å²) in [6.45, 7) is 0. The second-order valence-electron chi connectivity index (χ2n) is 3.47. The number of hydrogen-bond donors (Lipinski definition) is 1. The molecule has 0 aliphatic heterocycles. The number of aliphatic carboxylic acids is 1. The van der Waals surface area contributed by atoms with Gasteiger partial charge in [-0.15, -0.1) is 0 Å². The van der Waals surface area contributed by atoms with E-state index in [1.807, 2.05) is 24.3 Å². The first-order valence-corrected chi connectivity index (χ1v) is 5.22. The Bertz CT molecular complexity index is 319. The highest BCUT2D eigenvalue weighted by Crippen LogP contribution is 2.12. The van der Waals surface area contributed by atoms with E-state index in [-0.39, 0.29) is 0 Å². The lowest BCUT2D eigenvalue weighted by atomic mass is 10.1. The fraction of sp³-hybridized carbons (Fsp3) is 0.308. The lowest BCUT2D eigenvalue weighted by Crippen LogP contribution is -1.88. The maximum absolute atomic E-state index is 10.4. The van der Waals surface area contributed by atoms with Crippen LogP contribution in [0.4, 0.5) is 0 Å². The average molecular weight is 204 g/mol. The van der Waals surface area contributed by atoms with E-state index in [1.165, 1.54) is 6.08 Å². The molecule has 0 fully saturated rings. The van der Waals surface area contributed by atoms with Crippen molar-refractivity contribution < 1.29 is 9.90 Å². The summed E-state index contributed by atoms with van der Waals surface area (Å²) in [6, 6.07) is 0. The van der Waals surface area contributed by atoms with E-state index in [1.54, 1.807) is 6.08 Å². The van der Waals surface area contributed by atoms with Crippen molar-refractivity contribution in [2.45, 2.75) is 25.7 Å². The van der Waals surface area contributed by atoms with Gasteiger partial charge in [-0.1, -0.05) is 36.5 Å². The van der Waals surface area contributed by atoms with E-state index in [2.05, 4.69) is 6.08 Å². The van der Waals surface area contributed by atoms with Gasteiger partial charge in [0.05, 0.1) is 0 Å². The molecule has 0 aromatic carbocycles. The van der Waals surface area contributed by atoms with Crippen LogP contribution in [0, 0.1) is 0 Å². The molecule has 2 nitrogen and oxygen atoms in total. The molecule has 1 rings (SSSR count). The quantitative estimate of drug-likeness (QED) is 0.701. The van der Waals surface area contributed by atoms with Gasteiger partial charge in [0.2, 0.25) is 0 Å². The molecule has 2 heteroatoms. The molecule has 0 aromatic heterocycles. The summed E-state index contributed by atoms with van der Waals surface area (Å²) in [5.41, 5.74) is 1.07. The first-order chi connectivity index (χ1) is 7.29. The maximum atomic E-state index is 10.4. The minimum absolute atomic E-state index is 0.892. The molecule has 1 N–H and O–H groups in total. The topological polar surface area (TPSA) is 37.3 Å². The van der Waals surface area contributed by atoms with Crippen LogP contribution in [0.1, 0.15) is 25.7 Å². The first kappa shape index (κ1) is 11.5. The van der Waals surface area contributed by atoms with Crippen molar-refractivity contribution in [3.05, 3.63) is 48.1 Å². The van der Waals surface area contributed by atoms with Crippen molar-refractivity contribution in [1.82, 2.24) is 0 Å². The summed E-state index contributed by atoms with van der Waals surface area (Å²) in [5, 5.41) is 8.53. The number of carbonyl (C=O) groups is 1. The van der Waals surface area contributed by atoms with Gasteiger partial charge in [-0.05, 0) is 31.3 Å². The smallest absolute Gasteiger partial charge is 0.328 e. The standard InChI is InChI=1S/C13H16O2/c14-13(15)11-10-12-8-6-4-2-1-3-5-7-9-12/h1-2,4,6,8,10-11H,3,5,7,9H2,(H,14,15)/b2-1-,6-4+,11-10?,12-8+. The van der Waals surface area contributed by atoms with Crippen LogP contribution < -0.4 is 0 Å². The number of carboxylic acids is 1. The van der Waals surface area contributed by atoms with Gasteiger partial charge in [0.1, 0.15) is 0 Å². The minimum Gasteiger partial charge on any atom is -0.478 e. The molecule has 0 spiro atoms. The zero-order chi connectivity index (χ0) is 10.9. The molecule has 0 bridgehead atoms. The predicted molar refractivity (Wildman–Crippen MR) is 61.6 cm³/mol. The molecule has 0 saturated carbocycles. The Morgan fingerprint density at radius 2 is 2.13 bits per heavy atom. The van der Waals surface area contributed by atoms with Gasteiger partial charge in [0.15, 0.2) is 0 Å². The molecule has 1 aliphatic rings. The molecule has 15 heavy (non-hydrogen) atoms. The molecule has 0 amide bonds. The van der Waals surface area contributed by atoms with Crippen molar-refractivity contribution in [3.63, 3.8) is 0 Å². The van der Waals surface area contributed by atoms with Gasteiger partial charge in [-0.3, -0.25) is 0 Å².